The maximum atomic E-state index is 14.1. The highest BCUT2D eigenvalue weighted by atomic mass is 35.5. The van der Waals surface area contributed by atoms with Crippen LogP contribution in [0, 0.1) is 0 Å². The maximum Gasteiger partial charge on any atom is 0.238 e. The maximum absolute atomic E-state index is 14.1. The lowest BCUT2D eigenvalue weighted by Gasteiger charge is -2.37. The molecule has 0 N–H and O–H groups in total. The van der Waals surface area contributed by atoms with Gasteiger partial charge in [0.05, 0.1) is 40.5 Å². The van der Waals surface area contributed by atoms with Gasteiger partial charge in [-0.1, -0.05) is 17.7 Å². The molecule has 0 aliphatic carbocycles. The summed E-state index contributed by atoms with van der Waals surface area (Å²) in [6.07, 6.45) is 13.2. The lowest BCUT2D eigenvalue weighted by atomic mass is 9.74. The second-order valence-electron chi connectivity index (χ2n) is 9.16. The van der Waals surface area contributed by atoms with E-state index in [0.29, 0.717) is 31.0 Å². The SMILES string of the molecule is CS(=O)N1CCC2(CC1)C(=O)N(Cc1ncc3cc(Cl)ccc3c1-c1cncnc1)c1cnccc12. The van der Waals surface area contributed by atoms with E-state index in [-0.39, 0.29) is 12.5 Å². The lowest BCUT2D eigenvalue weighted by Crippen LogP contribution is -2.48. The summed E-state index contributed by atoms with van der Waals surface area (Å²) in [5.41, 5.74) is 3.59. The number of rotatable bonds is 4. The van der Waals surface area contributed by atoms with Crippen LogP contribution < -0.4 is 4.90 Å². The molecule has 5 heterocycles. The molecule has 1 unspecified atom stereocenters. The van der Waals surface area contributed by atoms with Gasteiger partial charge in [-0.25, -0.2) is 18.5 Å². The van der Waals surface area contributed by atoms with Crippen molar-refractivity contribution >= 4 is 45.0 Å². The molecule has 36 heavy (non-hydrogen) atoms. The van der Waals surface area contributed by atoms with Crippen LogP contribution in [0.25, 0.3) is 21.9 Å². The van der Waals surface area contributed by atoms with Crippen LogP contribution in [0.15, 0.2) is 61.6 Å². The molecule has 10 heteroatoms. The quantitative estimate of drug-likeness (QED) is 0.406. The lowest BCUT2D eigenvalue weighted by molar-refractivity contribution is -0.124. The Kier molecular flexibility index (Phi) is 5.78. The van der Waals surface area contributed by atoms with E-state index in [4.69, 9.17) is 16.6 Å². The Bertz CT molecular complexity index is 1510. The number of amides is 1. The van der Waals surface area contributed by atoms with Crippen LogP contribution in [0.5, 0.6) is 0 Å². The number of piperidine rings is 1. The number of anilines is 1. The molecule has 4 aromatic rings. The third-order valence-corrected chi connectivity index (χ3v) is 8.62. The molecule has 2 aliphatic heterocycles. The molecule has 0 bridgehead atoms. The second-order valence-corrected chi connectivity index (χ2v) is 11.0. The number of nitrogens with zero attached hydrogens (tertiary/aromatic N) is 6. The zero-order chi connectivity index (χ0) is 24.9. The summed E-state index contributed by atoms with van der Waals surface area (Å²) in [6.45, 7) is 1.49. The van der Waals surface area contributed by atoms with Crippen LogP contribution in [0.3, 0.4) is 0 Å². The fraction of sp³-hybridized carbons (Fsp3) is 0.269. The number of aromatic nitrogens is 4. The number of pyridine rings is 2. The van der Waals surface area contributed by atoms with Crippen molar-refractivity contribution in [1.82, 2.24) is 24.2 Å². The van der Waals surface area contributed by atoms with E-state index in [1.54, 1.807) is 42.1 Å². The van der Waals surface area contributed by atoms with E-state index >= 15 is 0 Å². The highest BCUT2D eigenvalue weighted by molar-refractivity contribution is 7.81. The summed E-state index contributed by atoms with van der Waals surface area (Å²) in [7, 11) is -1.05. The number of halogens is 1. The van der Waals surface area contributed by atoms with Gasteiger partial charge in [-0.15, -0.1) is 0 Å². The van der Waals surface area contributed by atoms with Gasteiger partial charge in [0.1, 0.15) is 6.33 Å². The number of benzene rings is 1. The summed E-state index contributed by atoms with van der Waals surface area (Å²) in [5, 5.41) is 2.49. The molecule has 0 radical (unpaired) electrons. The molecule has 1 spiro atoms. The zero-order valence-electron chi connectivity index (χ0n) is 19.6. The van der Waals surface area contributed by atoms with Crippen molar-refractivity contribution in [3.8, 4) is 11.1 Å². The fourth-order valence-corrected chi connectivity index (χ4v) is 6.39. The Morgan fingerprint density at radius 2 is 1.83 bits per heavy atom. The van der Waals surface area contributed by atoms with Crippen LogP contribution in [-0.2, 0) is 27.7 Å². The number of hydrogen-bond acceptors (Lipinski definition) is 6. The number of hydrogen-bond donors (Lipinski definition) is 0. The minimum atomic E-state index is -1.05. The van der Waals surface area contributed by atoms with Gasteiger partial charge >= 0.3 is 0 Å². The normalized spacial score (nSPS) is 18.1. The van der Waals surface area contributed by atoms with Gasteiger partial charge in [-0.2, -0.15) is 0 Å². The summed E-state index contributed by atoms with van der Waals surface area (Å²) in [4.78, 5) is 33.5. The predicted octanol–water partition coefficient (Wildman–Crippen LogP) is 3.91. The van der Waals surface area contributed by atoms with E-state index in [2.05, 4.69) is 15.0 Å². The first-order valence-electron chi connectivity index (χ1n) is 11.7. The minimum Gasteiger partial charge on any atom is -0.304 e. The van der Waals surface area contributed by atoms with E-state index in [0.717, 1.165) is 38.8 Å². The van der Waals surface area contributed by atoms with E-state index in [1.165, 1.54) is 6.33 Å². The summed E-state index contributed by atoms with van der Waals surface area (Å²) in [6, 6.07) is 7.64. The average molecular weight is 519 g/mol. The predicted molar refractivity (Wildman–Crippen MR) is 140 cm³/mol. The monoisotopic (exact) mass is 518 g/mol. The molecule has 1 aromatic carbocycles. The van der Waals surface area contributed by atoms with Crippen LogP contribution in [0.1, 0.15) is 24.1 Å². The first kappa shape index (κ1) is 23.1. The first-order valence-corrected chi connectivity index (χ1v) is 13.5. The Morgan fingerprint density at radius 1 is 1.06 bits per heavy atom. The van der Waals surface area contributed by atoms with Crippen molar-refractivity contribution in [2.45, 2.75) is 24.8 Å². The van der Waals surface area contributed by atoms with Gasteiger partial charge < -0.3 is 4.90 Å². The number of carbonyl (C=O) groups is 1. The summed E-state index contributed by atoms with van der Waals surface area (Å²) in [5.74, 6) is 0.0419. The zero-order valence-corrected chi connectivity index (χ0v) is 21.2. The largest absolute Gasteiger partial charge is 0.304 e. The summed E-state index contributed by atoms with van der Waals surface area (Å²) >= 11 is 6.25. The highest BCUT2D eigenvalue weighted by Crippen LogP contribution is 2.48. The highest BCUT2D eigenvalue weighted by Gasteiger charge is 2.52. The number of carbonyl (C=O) groups excluding carboxylic acids is 1. The molecule has 1 fully saturated rings. The molecule has 182 valence electrons. The third-order valence-electron chi connectivity index (χ3n) is 7.29. The van der Waals surface area contributed by atoms with Gasteiger partial charge in [0, 0.05) is 65.7 Å². The van der Waals surface area contributed by atoms with Crippen LogP contribution in [-0.4, -0.2) is 53.7 Å². The molecule has 1 atom stereocenters. The molecule has 6 rings (SSSR count). The summed E-state index contributed by atoms with van der Waals surface area (Å²) < 4.78 is 14.0. The van der Waals surface area contributed by atoms with Crippen LogP contribution >= 0.6 is 11.6 Å². The van der Waals surface area contributed by atoms with E-state index < -0.39 is 16.4 Å². The van der Waals surface area contributed by atoms with Crippen molar-refractivity contribution in [2.24, 2.45) is 0 Å². The van der Waals surface area contributed by atoms with Crippen molar-refractivity contribution in [3.05, 3.63) is 77.9 Å². The Morgan fingerprint density at radius 3 is 2.58 bits per heavy atom. The molecular formula is C26H23ClN6O2S. The average Bonchev–Trinajstić information content (AvgIpc) is 3.12. The first-order chi connectivity index (χ1) is 17.5. The van der Waals surface area contributed by atoms with Crippen molar-refractivity contribution in [2.75, 3.05) is 24.2 Å². The van der Waals surface area contributed by atoms with Crippen molar-refractivity contribution in [3.63, 3.8) is 0 Å². The third kappa shape index (κ3) is 3.70. The molecular weight excluding hydrogens is 496 g/mol. The van der Waals surface area contributed by atoms with Gasteiger partial charge in [0.2, 0.25) is 5.91 Å². The molecule has 1 amide bonds. The Labute approximate surface area is 216 Å². The van der Waals surface area contributed by atoms with Crippen LogP contribution in [0.4, 0.5) is 5.69 Å². The van der Waals surface area contributed by atoms with E-state index in [1.807, 2.05) is 28.6 Å². The van der Waals surface area contributed by atoms with E-state index in [9.17, 15) is 9.00 Å². The molecule has 8 nitrogen and oxygen atoms in total. The van der Waals surface area contributed by atoms with Gasteiger partial charge in [0.25, 0.3) is 0 Å². The van der Waals surface area contributed by atoms with Crippen molar-refractivity contribution in [1.29, 1.82) is 0 Å². The Hall–Kier alpha value is -3.27. The topological polar surface area (TPSA) is 92.2 Å². The minimum absolute atomic E-state index is 0.0419. The number of fused-ring (bicyclic) bond motifs is 3. The molecule has 1 saturated heterocycles. The van der Waals surface area contributed by atoms with Crippen molar-refractivity contribution < 1.29 is 9.00 Å². The van der Waals surface area contributed by atoms with Gasteiger partial charge in [-0.3, -0.25) is 14.8 Å². The second kappa shape index (κ2) is 8.99. The van der Waals surface area contributed by atoms with Gasteiger partial charge in [0.15, 0.2) is 0 Å². The molecule has 0 saturated carbocycles. The smallest absolute Gasteiger partial charge is 0.238 e. The standard InChI is InChI=1S/C26H23ClN6O2S/c1-36(35)32-8-5-26(6-9-32)21-4-7-28-14-23(21)33(25(26)34)15-22-24(18-11-29-16-30-12-18)20-3-2-19(27)10-17(20)13-31-22/h2-4,7,10-14,16H,5-6,8-9,15H2,1H3. The van der Waals surface area contributed by atoms with Gasteiger partial charge in [-0.05, 0) is 42.0 Å². The molecule has 2 aliphatic rings. The molecule has 3 aromatic heterocycles. The van der Waals surface area contributed by atoms with Crippen LogP contribution in [0.2, 0.25) is 5.02 Å². The Balaban J connectivity index is 1.45. The fourth-order valence-electron chi connectivity index (χ4n) is 5.51.